The van der Waals surface area contributed by atoms with Gasteiger partial charge in [0.1, 0.15) is 28.9 Å². The molecule has 1 fully saturated rings. The van der Waals surface area contributed by atoms with Crippen LogP contribution in [0, 0.1) is 11.6 Å². The number of nitrogens with one attached hydrogen (secondary N) is 2. The van der Waals surface area contributed by atoms with Crippen LogP contribution >= 0.6 is 0 Å². The average Bonchev–Trinajstić information content (AvgIpc) is 3.26. The monoisotopic (exact) mass is 427 g/mol. The molecule has 160 valence electrons. The highest BCUT2D eigenvalue weighted by Crippen LogP contribution is 2.22. The Labute approximate surface area is 174 Å². The highest BCUT2D eigenvalue weighted by Gasteiger charge is 2.25. The molecular formula is C19H19F2N9O. The Kier molecular flexibility index (Phi) is 4.70. The quantitative estimate of drug-likeness (QED) is 0.494. The van der Waals surface area contributed by atoms with Crippen LogP contribution in [-0.4, -0.2) is 55.4 Å². The predicted molar refractivity (Wildman–Crippen MR) is 110 cm³/mol. The van der Waals surface area contributed by atoms with E-state index in [0.29, 0.717) is 37.6 Å². The Balaban J connectivity index is 1.68. The second kappa shape index (κ2) is 7.54. The van der Waals surface area contributed by atoms with Crippen LogP contribution < -0.4 is 21.2 Å². The molecule has 10 nitrogen and oxygen atoms in total. The molecule has 1 aliphatic rings. The molecule has 4 heterocycles. The summed E-state index contributed by atoms with van der Waals surface area (Å²) >= 11 is 0. The van der Waals surface area contributed by atoms with Crippen molar-refractivity contribution < 1.29 is 8.78 Å². The van der Waals surface area contributed by atoms with Crippen LogP contribution in [0.5, 0.6) is 0 Å². The first-order valence-corrected chi connectivity index (χ1v) is 9.82. The van der Waals surface area contributed by atoms with Gasteiger partial charge in [-0.05, 0) is 19.1 Å². The summed E-state index contributed by atoms with van der Waals surface area (Å²) in [7, 11) is 0. The summed E-state index contributed by atoms with van der Waals surface area (Å²) in [5, 5.41) is 11.9. The molecule has 0 amide bonds. The first-order chi connectivity index (χ1) is 15.0. The zero-order valence-corrected chi connectivity index (χ0v) is 16.6. The fourth-order valence-corrected chi connectivity index (χ4v) is 3.76. The van der Waals surface area contributed by atoms with Gasteiger partial charge in [0, 0.05) is 38.6 Å². The molecular weight excluding hydrogens is 408 g/mol. The number of halogens is 2. The maximum absolute atomic E-state index is 14.5. The van der Waals surface area contributed by atoms with Crippen molar-refractivity contribution in [1.82, 2.24) is 34.6 Å². The van der Waals surface area contributed by atoms with E-state index in [-0.39, 0.29) is 16.7 Å². The van der Waals surface area contributed by atoms with Gasteiger partial charge < -0.3 is 15.6 Å². The summed E-state index contributed by atoms with van der Waals surface area (Å²) in [6.07, 6.45) is 4.63. The minimum atomic E-state index is -0.806. The summed E-state index contributed by atoms with van der Waals surface area (Å²) in [5.74, 6) is -0.896. The van der Waals surface area contributed by atoms with Crippen LogP contribution in [0.3, 0.4) is 0 Å². The molecule has 3 aromatic heterocycles. The third-order valence-corrected chi connectivity index (χ3v) is 5.24. The van der Waals surface area contributed by atoms with E-state index in [1.54, 1.807) is 28.8 Å². The molecule has 12 heteroatoms. The second-order valence-corrected chi connectivity index (χ2v) is 7.21. The number of aromatic nitrogens is 6. The summed E-state index contributed by atoms with van der Waals surface area (Å²) in [6, 6.07) is 1.34. The van der Waals surface area contributed by atoms with E-state index in [9.17, 15) is 13.6 Å². The Bertz CT molecular complexity index is 1330. The zero-order chi connectivity index (χ0) is 21.5. The topological polar surface area (TPSA) is 105 Å². The normalized spacial score (nSPS) is 15.5. The van der Waals surface area contributed by atoms with Crippen molar-refractivity contribution in [3.05, 3.63) is 58.7 Å². The van der Waals surface area contributed by atoms with Gasteiger partial charge in [-0.25, -0.2) is 32.9 Å². The number of benzene rings is 1. The smallest absolute Gasteiger partial charge is 0.283 e. The fourth-order valence-electron chi connectivity index (χ4n) is 3.76. The molecule has 31 heavy (non-hydrogen) atoms. The maximum Gasteiger partial charge on any atom is 0.283 e. The number of hydrogen-bond acceptors (Lipinski definition) is 8. The van der Waals surface area contributed by atoms with Gasteiger partial charge >= 0.3 is 0 Å². The van der Waals surface area contributed by atoms with Crippen LogP contribution in [-0.2, 0) is 0 Å². The van der Waals surface area contributed by atoms with E-state index >= 15 is 0 Å². The van der Waals surface area contributed by atoms with E-state index in [4.69, 9.17) is 0 Å². The molecule has 0 radical (unpaired) electrons. The third kappa shape index (κ3) is 3.24. The molecule has 0 spiro atoms. The minimum Gasteiger partial charge on any atom is -0.357 e. The molecule has 1 saturated heterocycles. The second-order valence-electron chi connectivity index (χ2n) is 7.21. The van der Waals surface area contributed by atoms with E-state index < -0.39 is 23.2 Å². The largest absolute Gasteiger partial charge is 0.357 e. The fraction of sp³-hybridized carbons (Fsp3) is 0.316. The van der Waals surface area contributed by atoms with Crippen molar-refractivity contribution >= 4 is 22.4 Å². The highest BCUT2D eigenvalue weighted by molar-refractivity contribution is 5.79. The van der Waals surface area contributed by atoms with Crippen LogP contribution in [0.4, 0.5) is 14.6 Å². The molecule has 4 aromatic rings. The Morgan fingerprint density at radius 1 is 1.16 bits per heavy atom. The molecule has 5 rings (SSSR count). The number of piperazine rings is 1. The number of imidazole rings is 1. The number of hydrogen-bond donors (Lipinski definition) is 2. The molecule has 1 aliphatic heterocycles. The van der Waals surface area contributed by atoms with Crippen molar-refractivity contribution in [2.24, 2.45) is 0 Å². The van der Waals surface area contributed by atoms with Gasteiger partial charge in [0.05, 0.1) is 6.04 Å². The van der Waals surface area contributed by atoms with Gasteiger partial charge in [-0.3, -0.25) is 4.79 Å². The van der Waals surface area contributed by atoms with Crippen molar-refractivity contribution in [2.45, 2.75) is 13.0 Å². The van der Waals surface area contributed by atoms with Gasteiger partial charge in [0.25, 0.3) is 5.56 Å². The van der Waals surface area contributed by atoms with Gasteiger partial charge in [-0.15, -0.1) is 0 Å². The van der Waals surface area contributed by atoms with E-state index in [0.717, 1.165) is 12.1 Å². The standard InChI is InChI=1S/C19H19F2N9O/c1-11(26-16-18-23-6-9-29(18)25-10-24-16)17-27-15-13(21)3-2-12(20)14(15)19(31)30(17)28-7-4-22-5-8-28/h2-3,6,9-11,22H,4-5,7-8H2,1H3,(H,24,25,26). The summed E-state index contributed by atoms with van der Waals surface area (Å²) in [4.78, 5) is 26.2. The number of rotatable bonds is 4. The molecule has 0 bridgehead atoms. The number of anilines is 1. The van der Waals surface area contributed by atoms with Gasteiger partial charge in [-0.2, -0.15) is 5.10 Å². The highest BCUT2D eigenvalue weighted by atomic mass is 19.1. The first-order valence-electron chi connectivity index (χ1n) is 9.82. The van der Waals surface area contributed by atoms with Crippen LogP contribution in [0.1, 0.15) is 18.8 Å². The van der Waals surface area contributed by atoms with Gasteiger partial charge in [-0.1, -0.05) is 0 Å². The lowest BCUT2D eigenvalue weighted by atomic mass is 10.2. The molecule has 1 atom stereocenters. The Hall–Kier alpha value is -3.67. The molecule has 1 unspecified atom stereocenters. The molecule has 0 saturated carbocycles. The molecule has 2 N–H and O–H groups in total. The minimum absolute atomic E-state index is 0.243. The van der Waals surface area contributed by atoms with Crippen LogP contribution in [0.15, 0.2) is 35.6 Å². The van der Waals surface area contributed by atoms with Crippen molar-refractivity contribution in [1.29, 1.82) is 0 Å². The number of fused-ring (bicyclic) bond motifs is 2. The van der Waals surface area contributed by atoms with Crippen molar-refractivity contribution in [3.8, 4) is 0 Å². The Morgan fingerprint density at radius 2 is 1.94 bits per heavy atom. The summed E-state index contributed by atoms with van der Waals surface area (Å²) in [5.41, 5.74) is -0.460. The SMILES string of the molecule is CC(Nc1ncnn2ccnc12)c1nc2c(F)ccc(F)c2c(=O)n1N1CCNCC1. The number of nitrogens with zero attached hydrogens (tertiary/aromatic N) is 7. The molecule has 0 aliphatic carbocycles. The third-order valence-electron chi connectivity index (χ3n) is 5.24. The van der Waals surface area contributed by atoms with E-state index in [1.165, 1.54) is 11.0 Å². The molecule has 1 aromatic carbocycles. The maximum atomic E-state index is 14.5. The Morgan fingerprint density at radius 3 is 2.74 bits per heavy atom. The first kappa shape index (κ1) is 19.3. The summed E-state index contributed by atoms with van der Waals surface area (Å²) < 4.78 is 31.9. The van der Waals surface area contributed by atoms with Gasteiger partial charge in [0.15, 0.2) is 17.3 Å². The summed E-state index contributed by atoms with van der Waals surface area (Å²) in [6.45, 7) is 4.10. The van der Waals surface area contributed by atoms with Crippen molar-refractivity contribution in [2.75, 3.05) is 36.5 Å². The van der Waals surface area contributed by atoms with E-state index in [1.807, 2.05) is 0 Å². The zero-order valence-electron chi connectivity index (χ0n) is 16.6. The average molecular weight is 427 g/mol. The predicted octanol–water partition coefficient (Wildman–Crippen LogP) is 0.827. The van der Waals surface area contributed by atoms with Crippen LogP contribution in [0.25, 0.3) is 16.6 Å². The van der Waals surface area contributed by atoms with Crippen LogP contribution in [0.2, 0.25) is 0 Å². The lowest BCUT2D eigenvalue weighted by Crippen LogP contribution is -2.54. The van der Waals surface area contributed by atoms with Gasteiger partial charge in [0.2, 0.25) is 0 Å². The lowest BCUT2D eigenvalue weighted by molar-refractivity contribution is 0.459. The van der Waals surface area contributed by atoms with E-state index in [2.05, 4.69) is 30.7 Å². The van der Waals surface area contributed by atoms with Crippen molar-refractivity contribution in [3.63, 3.8) is 0 Å². The lowest BCUT2D eigenvalue weighted by Gasteiger charge is -2.33.